The Balaban J connectivity index is 2.39. The van der Waals surface area contributed by atoms with E-state index in [2.05, 4.69) is 13.8 Å². The van der Waals surface area contributed by atoms with Crippen molar-refractivity contribution in [3.63, 3.8) is 0 Å². The normalized spacial score (nSPS) is 13.0. The zero-order chi connectivity index (χ0) is 12.1. The summed E-state index contributed by atoms with van der Waals surface area (Å²) < 4.78 is 5.65. The third-order valence-corrected chi connectivity index (χ3v) is 3.23. The Bertz CT molecular complexity index is 344. The number of ether oxygens (including phenoxy) is 1. The molecule has 0 bridgehead atoms. The molecule has 0 radical (unpaired) electrons. The summed E-state index contributed by atoms with van der Waals surface area (Å²) in [6.07, 6.45) is 1.24. The maximum atomic E-state index is 10.7. The van der Waals surface area contributed by atoms with Crippen LogP contribution in [0.25, 0.3) is 0 Å². The van der Waals surface area contributed by atoms with Gasteiger partial charge in [-0.15, -0.1) is 11.3 Å². The molecule has 0 saturated heterocycles. The maximum Gasteiger partial charge on any atom is 0.345 e. The Labute approximate surface area is 100 Å². The average molecular weight is 242 g/mol. The number of carboxylic acids is 1. The molecule has 1 aromatic heterocycles. The fraction of sp³-hybridized carbons (Fsp3) is 0.583. The minimum absolute atomic E-state index is 0.218. The van der Waals surface area contributed by atoms with Crippen LogP contribution in [0.15, 0.2) is 12.1 Å². The van der Waals surface area contributed by atoms with Crippen LogP contribution in [-0.4, -0.2) is 17.2 Å². The molecule has 0 spiro atoms. The standard InChI is InChI=1S/C12H18O3S/c1-8(2)6-9(3)15-7-10-4-5-11(16-10)12(13)14/h4-5,8-9H,6-7H2,1-3H3,(H,13,14). The van der Waals surface area contributed by atoms with Crippen LogP contribution in [0, 0.1) is 5.92 Å². The van der Waals surface area contributed by atoms with Crippen molar-refractivity contribution in [2.75, 3.05) is 0 Å². The van der Waals surface area contributed by atoms with Crippen molar-refractivity contribution in [3.05, 3.63) is 21.9 Å². The number of thiophene rings is 1. The van der Waals surface area contributed by atoms with E-state index in [9.17, 15) is 4.79 Å². The SMILES string of the molecule is CC(C)CC(C)OCc1ccc(C(=O)O)s1. The van der Waals surface area contributed by atoms with Gasteiger partial charge in [-0.1, -0.05) is 13.8 Å². The molecular formula is C12H18O3S. The highest BCUT2D eigenvalue weighted by Gasteiger charge is 2.09. The van der Waals surface area contributed by atoms with Crippen molar-refractivity contribution in [1.82, 2.24) is 0 Å². The summed E-state index contributed by atoms with van der Waals surface area (Å²) in [5.74, 6) is -0.251. The van der Waals surface area contributed by atoms with Gasteiger partial charge in [0.15, 0.2) is 0 Å². The lowest BCUT2D eigenvalue weighted by atomic mass is 10.1. The first kappa shape index (κ1) is 13.2. The van der Waals surface area contributed by atoms with Crippen LogP contribution in [0.5, 0.6) is 0 Å². The Hall–Kier alpha value is -0.870. The third-order valence-electron chi connectivity index (χ3n) is 2.19. The van der Waals surface area contributed by atoms with E-state index in [1.54, 1.807) is 6.07 Å². The molecule has 0 amide bonds. The second kappa shape index (κ2) is 6.01. The van der Waals surface area contributed by atoms with E-state index in [4.69, 9.17) is 9.84 Å². The van der Waals surface area contributed by atoms with Crippen molar-refractivity contribution >= 4 is 17.3 Å². The number of aromatic carboxylic acids is 1. The second-order valence-corrected chi connectivity index (χ2v) is 5.49. The van der Waals surface area contributed by atoms with Crippen LogP contribution in [0.2, 0.25) is 0 Å². The summed E-state index contributed by atoms with van der Waals surface area (Å²) >= 11 is 1.28. The van der Waals surface area contributed by atoms with Crippen LogP contribution >= 0.6 is 11.3 Å². The minimum atomic E-state index is -0.869. The summed E-state index contributed by atoms with van der Waals surface area (Å²) in [7, 11) is 0. The van der Waals surface area contributed by atoms with Gasteiger partial charge in [-0.05, 0) is 31.4 Å². The molecule has 1 atom stereocenters. The predicted molar refractivity (Wildman–Crippen MR) is 65.0 cm³/mol. The van der Waals surface area contributed by atoms with Gasteiger partial charge in [0.05, 0.1) is 12.7 Å². The van der Waals surface area contributed by atoms with Gasteiger partial charge in [0, 0.05) is 4.88 Å². The Morgan fingerprint density at radius 1 is 1.44 bits per heavy atom. The molecule has 0 aliphatic heterocycles. The van der Waals surface area contributed by atoms with Crippen molar-refractivity contribution in [2.45, 2.75) is 39.9 Å². The molecule has 1 aromatic rings. The van der Waals surface area contributed by atoms with Gasteiger partial charge in [-0.3, -0.25) is 0 Å². The molecule has 1 heterocycles. The molecule has 1 N–H and O–H groups in total. The largest absolute Gasteiger partial charge is 0.477 e. The smallest absolute Gasteiger partial charge is 0.345 e. The van der Waals surface area contributed by atoms with Crippen LogP contribution in [-0.2, 0) is 11.3 Å². The number of rotatable bonds is 6. The molecule has 3 nitrogen and oxygen atoms in total. The zero-order valence-corrected chi connectivity index (χ0v) is 10.7. The van der Waals surface area contributed by atoms with Crippen LogP contribution in [0.1, 0.15) is 41.7 Å². The number of carbonyl (C=O) groups is 1. The first-order valence-corrected chi connectivity index (χ1v) is 6.24. The lowest BCUT2D eigenvalue weighted by molar-refractivity contribution is 0.0412. The number of hydrogen-bond donors (Lipinski definition) is 1. The highest BCUT2D eigenvalue weighted by Crippen LogP contribution is 2.18. The summed E-state index contributed by atoms with van der Waals surface area (Å²) in [6, 6.07) is 3.44. The highest BCUT2D eigenvalue weighted by atomic mass is 32.1. The zero-order valence-electron chi connectivity index (χ0n) is 9.90. The van der Waals surface area contributed by atoms with Crippen LogP contribution < -0.4 is 0 Å². The maximum absolute atomic E-state index is 10.7. The first-order chi connectivity index (χ1) is 7.49. The Kier molecular flexibility index (Phi) is 4.96. The third kappa shape index (κ3) is 4.33. The summed E-state index contributed by atoms with van der Waals surface area (Å²) in [4.78, 5) is 12.0. The summed E-state index contributed by atoms with van der Waals surface area (Å²) in [5, 5.41) is 8.76. The molecule has 0 aromatic carbocycles. The van der Waals surface area contributed by atoms with Gasteiger partial charge < -0.3 is 9.84 Å². The molecule has 0 aliphatic carbocycles. The van der Waals surface area contributed by atoms with Crippen molar-refractivity contribution in [3.8, 4) is 0 Å². The minimum Gasteiger partial charge on any atom is -0.477 e. The fourth-order valence-corrected chi connectivity index (χ4v) is 2.30. The van der Waals surface area contributed by atoms with E-state index in [-0.39, 0.29) is 6.10 Å². The van der Waals surface area contributed by atoms with Gasteiger partial charge in [0.25, 0.3) is 0 Å². The van der Waals surface area contributed by atoms with Gasteiger partial charge in [-0.25, -0.2) is 4.79 Å². The van der Waals surface area contributed by atoms with Gasteiger partial charge in [0.2, 0.25) is 0 Å². The summed E-state index contributed by atoms with van der Waals surface area (Å²) in [5.41, 5.74) is 0. The first-order valence-electron chi connectivity index (χ1n) is 5.42. The highest BCUT2D eigenvalue weighted by molar-refractivity contribution is 7.13. The lowest BCUT2D eigenvalue weighted by Gasteiger charge is -2.14. The van der Waals surface area contributed by atoms with Gasteiger partial charge in [-0.2, -0.15) is 0 Å². The quantitative estimate of drug-likeness (QED) is 0.831. The van der Waals surface area contributed by atoms with E-state index in [1.807, 2.05) is 13.0 Å². The van der Waals surface area contributed by atoms with E-state index in [1.165, 1.54) is 11.3 Å². The predicted octanol–water partition coefficient (Wildman–Crippen LogP) is 3.40. The van der Waals surface area contributed by atoms with Gasteiger partial charge >= 0.3 is 5.97 Å². The van der Waals surface area contributed by atoms with Crippen LogP contribution in [0.4, 0.5) is 0 Å². The molecule has 0 aliphatic rings. The molecule has 0 saturated carbocycles. The van der Waals surface area contributed by atoms with Crippen molar-refractivity contribution in [2.24, 2.45) is 5.92 Å². The van der Waals surface area contributed by atoms with Gasteiger partial charge in [0.1, 0.15) is 4.88 Å². The summed E-state index contributed by atoms with van der Waals surface area (Å²) in [6.45, 7) is 6.87. The molecule has 0 fully saturated rings. The van der Waals surface area contributed by atoms with E-state index in [0.29, 0.717) is 17.4 Å². The van der Waals surface area contributed by atoms with E-state index in [0.717, 1.165) is 11.3 Å². The topological polar surface area (TPSA) is 46.5 Å². The van der Waals surface area contributed by atoms with Crippen molar-refractivity contribution in [1.29, 1.82) is 0 Å². The second-order valence-electron chi connectivity index (χ2n) is 4.32. The number of hydrogen-bond acceptors (Lipinski definition) is 3. The van der Waals surface area contributed by atoms with E-state index >= 15 is 0 Å². The number of carboxylic acid groups (broad SMARTS) is 1. The van der Waals surface area contributed by atoms with Crippen LogP contribution in [0.3, 0.4) is 0 Å². The Morgan fingerprint density at radius 2 is 2.12 bits per heavy atom. The molecule has 16 heavy (non-hydrogen) atoms. The fourth-order valence-electron chi connectivity index (χ4n) is 1.53. The van der Waals surface area contributed by atoms with E-state index < -0.39 is 5.97 Å². The molecule has 1 unspecified atom stereocenters. The van der Waals surface area contributed by atoms with Crippen molar-refractivity contribution < 1.29 is 14.6 Å². The monoisotopic (exact) mass is 242 g/mol. The molecule has 4 heteroatoms. The average Bonchev–Trinajstić information content (AvgIpc) is 2.61. The molecule has 90 valence electrons. The lowest BCUT2D eigenvalue weighted by Crippen LogP contribution is -2.10. The molecule has 1 rings (SSSR count). The molecular weight excluding hydrogens is 224 g/mol. The Morgan fingerprint density at radius 3 is 2.62 bits per heavy atom.